The maximum atomic E-state index is 11.0. The van der Waals surface area contributed by atoms with Gasteiger partial charge in [-0.1, -0.05) is 5.16 Å². The number of nitrogens with two attached hydrogens (primary N) is 1. The molecular formula is C9H12N6O4. The van der Waals surface area contributed by atoms with Crippen LogP contribution in [0.15, 0.2) is 29.0 Å². The number of pyridine rings is 1. The molecule has 0 amide bonds. The molecule has 2 rings (SSSR count). The maximum absolute atomic E-state index is 11.0. The minimum absolute atomic E-state index is 0. The van der Waals surface area contributed by atoms with Crippen LogP contribution in [-0.4, -0.2) is 26.7 Å². The van der Waals surface area contributed by atoms with E-state index in [0.29, 0.717) is 5.56 Å². The van der Waals surface area contributed by atoms with E-state index in [-0.39, 0.29) is 22.6 Å². The van der Waals surface area contributed by atoms with Crippen molar-refractivity contribution in [2.24, 2.45) is 5.84 Å². The van der Waals surface area contributed by atoms with E-state index in [0.717, 1.165) is 0 Å². The van der Waals surface area contributed by atoms with E-state index in [2.05, 4.69) is 26.6 Å². The van der Waals surface area contributed by atoms with Crippen molar-refractivity contribution < 1.29 is 19.9 Å². The van der Waals surface area contributed by atoms with Gasteiger partial charge in [0.1, 0.15) is 5.69 Å². The monoisotopic (exact) mass is 268 g/mol. The molecule has 0 aliphatic heterocycles. The van der Waals surface area contributed by atoms with E-state index in [1.165, 1.54) is 6.20 Å². The van der Waals surface area contributed by atoms with E-state index in [1.807, 2.05) is 0 Å². The lowest BCUT2D eigenvalue weighted by Gasteiger charge is -2.06. The fourth-order valence-corrected chi connectivity index (χ4v) is 1.34. The average Bonchev–Trinajstić information content (AvgIpc) is 2.81. The van der Waals surface area contributed by atoms with Crippen LogP contribution >= 0.6 is 0 Å². The summed E-state index contributed by atoms with van der Waals surface area (Å²) < 4.78 is 5.00. The number of rotatable bonds is 5. The Morgan fingerprint density at radius 1 is 1.47 bits per heavy atom. The van der Waals surface area contributed by atoms with Crippen LogP contribution in [0.2, 0.25) is 0 Å². The molecule has 0 bridgehead atoms. The van der Waals surface area contributed by atoms with Gasteiger partial charge in [-0.25, -0.2) is 4.79 Å². The first-order valence-corrected chi connectivity index (χ1v) is 4.84. The van der Waals surface area contributed by atoms with E-state index < -0.39 is 5.97 Å². The molecule has 10 heteroatoms. The van der Waals surface area contributed by atoms with Crippen molar-refractivity contribution in [2.75, 3.05) is 5.43 Å². The molecule has 0 fully saturated rings. The molecule has 0 atom stereocenters. The number of carboxylic acids is 1. The highest BCUT2D eigenvalue weighted by molar-refractivity contribution is 5.95. The second-order valence-electron chi connectivity index (χ2n) is 3.18. The Balaban J connectivity index is 0.00000180. The van der Waals surface area contributed by atoms with Crippen molar-refractivity contribution in [3.63, 3.8) is 0 Å². The number of nitrogens with one attached hydrogen (secondary N) is 3. The zero-order chi connectivity index (χ0) is 13.0. The van der Waals surface area contributed by atoms with Crippen molar-refractivity contribution >= 4 is 11.7 Å². The number of anilines is 1. The molecule has 8 N–H and O–H groups in total. The number of hydrogen-bond acceptors (Lipinski definition) is 8. The van der Waals surface area contributed by atoms with Crippen LogP contribution < -0.4 is 22.3 Å². The van der Waals surface area contributed by atoms with Gasteiger partial charge in [-0.3, -0.25) is 10.8 Å². The third kappa shape index (κ3) is 3.02. The van der Waals surface area contributed by atoms with Crippen molar-refractivity contribution in [1.29, 1.82) is 0 Å². The predicted octanol–water partition coefficient (Wildman–Crippen LogP) is -1.10. The van der Waals surface area contributed by atoms with Crippen LogP contribution in [0.25, 0.3) is 11.3 Å². The second kappa shape index (κ2) is 6.42. The smallest absolute Gasteiger partial charge is 0.360 e. The summed E-state index contributed by atoms with van der Waals surface area (Å²) >= 11 is 0. The number of aromatic nitrogens is 2. The summed E-state index contributed by atoms with van der Waals surface area (Å²) in [5.41, 5.74) is 7.46. The van der Waals surface area contributed by atoms with Crippen LogP contribution in [0.3, 0.4) is 0 Å². The fraction of sp³-hybridized carbons (Fsp3) is 0. The number of hydrazine groups is 3. The number of aromatic carboxylic acids is 1. The first-order chi connectivity index (χ1) is 8.74. The lowest BCUT2D eigenvalue weighted by Crippen LogP contribution is -2.42. The van der Waals surface area contributed by atoms with Crippen molar-refractivity contribution in [2.45, 2.75) is 0 Å². The highest BCUT2D eigenvalue weighted by atomic mass is 16.5. The van der Waals surface area contributed by atoms with Gasteiger partial charge in [-0.05, 0) is 12.1 Å². The van der Waals surface area contributed by atoms with Gasteiger partial charge in [0.25, 0.3) is 0 Å². The molecular weight excluding hydrogens is 256 g/mol. The Morgan fingerprint density at radius 3 is 2.84 bits per heavy atom. The molecule has 0 saturated carbocycles. The molecule has 19 heavy (non-hydrogen) atoms. The van der Waals surface area contributed by atoms with Crippen LogP contribution in [-0.2, 0) is 0 Å². The second-order valence-corrected chi connectivity index (χ2v) is 3.18. The molecule has 2 aromatic heterocycles. The van der Waals surface area contributed by atoms with Gasteiger partial charge >= 0.3 is 5.97 Å². The summed E-state index contributed by atoms with van der Waals surface area (Å²) in [6.45, 7) is 0. The number of nitrogens with zero attached hydrogens (tertiary/aromatic N) is 2. The van der Waals surface area contributed by atoms with E-state index >= 15 is 0 Å². The van der Waals surface area contributed by atoms with Gasteiger partial charge in [-0.15, -0.1) is 0 Å². The summed E-state index contributed by atoms with van der Waals surface area (Å²) in [6, 6.07) is 3.40. The summed E-state index contributed by atoms with van der Waals surface area (Å²) in [7, 11) is 0. The fourth-order valence-electron chi connectivity index (χ4n) is 1.34. The Labute approximate surface area is 106 Å². The summed E-state index contributed by atoms with van der Waals surface area (Å²) in [5, 5.41) is 12.4. The van der Waals surface area contributed by atoms with Gasteiger partial charge in [0, 0.05) is 18.0 Å². The van der Waals surface area contributed by atoms with Crippen LogP contribution in [0, 0.1) is 0 Å². The molecule has 10 nitrogen and oxygen atoms in total. The van der Waals surface area contributed by atoms with Gasteiger partial charge < -0.3 is 20.5 Å². The largest absolute Gasteiger partial charge is 0.476 e. The Kier molecular flexibility index (Phi) is 4.91. The predicted molar refractivity (Wildman–Crippen MR) is 64.4 cm³/mol. The standard InChI is InChI=1S/C9H10N6O3.H2O/c10-14-15-12-6-7(9(16)17)13-18-8(6)5-2-1-3-11-4-5;/h1-4,12,14-15H,10H2,(H,16,17);1H2. The van der Waals surface area contributed by atoms with E-state index in [9.17, 15) is 4.79 Å². The van der Waals surface area contributed by atoms with Crippen molar-refractivity contribution in [3.05, 3.63) is 30.2 Å². The van der Waals surface area contributed by atoms with E-state index in [4.69, 9.17) is 15.5 Å². The topological polar surface area (TPSA) is 170 Å². The summed E-state index contributed by atoms with van der Waals surface area (Å²) in [4.78, 5) is 14.9. The molecule has 0 unspecified atom stereocenters. The van der Waals surface area contributed by atoms with Gasteiger partial charge in [0.05, 0.1) is 0 Å². The molecule has 0 saturated heterocycles. The highest BCUT2D eigenvalue weighted by Crippen LogP contribution is 2.29. The van der Waals surface area contributed by atoms with Gasteiger partial charge in [0.15, 0.2) is 5.76 Å². The lowest BCUT2D eigenvalue weighted by atomic mass is 10.2. The quantitative estimate of drug-likeness (QED) is 0.333. The number of carboxylic acid groups (broad SMARTS) is 1. The van der Waals surface area contributed by atoms with Crippen molar-refractivity contribution in [3.8, 4) is 11.3 Å². The normalized spacial score (nSPS) is 9.74. The van der Waals surface area contributed by atoms with Gasteiger partial charge in [-0.2, -0.15) is 11.1 Å². The van der Waals surface area contributed by atoms with Gasteiger partial charge in [0.2, 0.25) is 5.69 Å². The average molecular weight is 268 g/mol. The third-order valence-electron chi connectivity index (χ3n) is 2.08. The number of hydrogen-bond donors (Lipinski definition) is 5. The molecule has 0 radical (unpaired) electrons. The molecule has 0 spiro atoms. The Morgan fingerprint density at radius 2 is 2.26 bits per heavy atom. The van der Waals surface area contributed by atoms with Crippen LogP contribution in [0.5, 0.6) is 0 Å². The number of carbonyl (C=O) groups is 1. The van der Waals surface area contributed by atoms with Crippen LogP contribution in [0.1, 0.15) is 10.5 Å². The van der Waals surface area contributed by atoms with E-state index in [1.54, 1.807) is 18.3 Å². The Hall–Kier alpha value is -2.53. The molecule has 0 aliphatic carbocycles. The summed E-state index contributed by atoms with van der Waals surface area (Å²) in [6.07, 6.45) is 3.11. The third-order valence-corrected chi connectivity index (χ3v) is 2.08. The molecule has 2 aromatic rings. The van der Waals surface area contributed by atoms with Crippen LogP contribution in [0.4, 0.5) is 5.69 Å². The molecule has 0 aromatic carbocycles. The first kappa shape index (κ1) is 14.5. The summed E-state index contributed by atoms with van der Waals surface area (Å²) in [5.74, 6) is 4.04. The highest BCUT2D eigenvalue weighted by Gasteiger charge is 2.22. The first-order valence-electron chi connectivity index (χ1n) is 4.84. The zero-order valence-corrected chi connectivity index (χ0v) is 9.54. The molecule has 2 heterocycles. The maximum Gasteiger partial charge on any atom is 0.360 e. The SMILES string of the molecule is NNNNc1c(C(=O)O)noc1-c1cccnc1.O. The lowest BCUT2D eigenvalue weighted by molar-refractivity contribution is 0.0686. The molecule has 0 aliphatic rings. The minimum Gasteiger partial charge on any atom is -0.476 e. The Bertz CT molecular complexity index is 543. The zero-order valence-electron chi connectivity index (χ0n) is 9.54. The minimum atomic E-state index is -1.23. The van der Waals surface area contributed by atoms with Crippen molar-refractivity contribution in [1.82, 2.24) is 21.2 Å². The molecule has 102 valence electrons.